The normalized spacial score (nSPS) is 19.1. The van der Waals surface area contributed by atoms with Crippen molar-refractivity contribution in [3.63, 3.8) is 0 Å². The van der Waals surface area contributed by atoms with E-state index in [1.54, 1.807) is 0 Å². The maximum absolute atomic E-state index is 6.33. The Morgan fingerprint density at radius 1 is 1.14 bits per heavy atom. The van der Waals surface area contributed by atoms with Crippen LogP contribution in [0.4, 0.5) is 11.5 Å². The molecule has 6 nitrogen and oxygen atoms in total. The highest BCUT2D eigenvalue weighted by molar-refractivity contribution is 5.66. The van der Waals surface area contributed by atoms with Crippen LogP contribution in [-0.4, -0.2) is 54.9 Å². The number of aromatic nitrogens is 1. The predicted octanol–water partition coefficient (Wildman–Crippen LogP) is 4.83. The van der Waals surface area contributed by atoms with Crippen molar-refractivity contribution in [3.8, 4) is 5.88 Å². The van der Waals surface area contributed by atoms with E-state index in [0.29, 0.717) is 6.10 Å². The highest BCUT2D eigenvalue weighted by atomic mass is 16.5. The standard InChI is InChI=1S/C23H39N5O/c1-4-6-12-24-26-21-18-22(29-20-10-8-7-9-11-20)25-23(19(21)3)28-16-14-27(13-5-2)15-17-28/h12,18,20H,4-11,13-17H2,1-3H3,(H,25,26)/b24-12+. The van der Waals surface area contributed by atoms with Crippen molar-refractivity contribution in [3.05, 3.63) is 11.6 Å². The molecule has 29 heavy (non-hydrogen) atoms. The summed E-state index contributed by atoms with van der Waals surface area (Å²) < 4.78 is 6.33. The molecule has 162 valence electrons. The Balaban J connectivity index is 1.78. The third-order valence-electron chi connectivity index (χ3n) is 5.97. The van der Waals surface area contributed by atoms with Crippen molar-refractivity contribution in [1.82, 2.24) is 9.88 Å². The first kappa shape index (κ1) is 21.9. The van der Waals surface area contributed by atoms with E-state index in [0.717, 1.165) is 74.8 Å². The molecular weight excluding hydrogens is 362 g/mol. The monoisotopic (exact) mass is 401 g/mol. The average Bonchev–Trinajstić information content (AvgIpc) is 2.75. The second kappa shape index (κ2) is 11.4. The molecule has 3 rings (SSSR count). The number of unbranched alkanes of at least 4 members (excludes halogenated alkanes) is 1. The Morgan fingerprint density at radius 3 is 2.59 bits per heavy atom. The number of hydrogen-bond donors (Lipinski definition) is 1. The number of piperazine rings is 1. The molecular formula is C23H39N5O. The summed E-state index contributed by atoms with van der Waals surface area (Å²) in [7, 11) is 0. The van der Waals surface area contributed by atoms with Gasteiger partial charge in [-0.05, 0) is 52.0 Å². The van der Waals surface area contributed by atoms with Gasteiger partial charge in [0.25, 0.3) is 0 Å². The molecule has 0 amide bonds. The summed E-state index contributed by atoms with van der Waals surface area (Å²) >= 11 is 0. The van der Waals surface area contributed by atoms with Gasteiger partial charge in [0.05, 0.1) is 5.69 Å². The van der Waals surface area contributed by atoms with Gasteiger partial charge in [-0.2, -0.15) is 10.1 Å². The molecule has 1 saturated heterocycles. The van der Waals surface area contributed by atoms with Gasteiger partial charge in [0.15, 0.2) is 0 Å². The zero-order valence-corrected chi connectivity index (χ0v) is 18.6. The molecule has 1 aromatic rings. The van der Waals surface area contributed by atoms with Crippen molar-refractivity contribution in [2.45, 2.75) is 78.2 Å². The Morgan fingerprint density at radius 2 is 1.90 bits per heavy atom. The van der Waals surface area contributed by atoms with Crippen molar-refractivity contribution in [1.29, 1.82) is 0 Å². The van der Waals surface area contributed by atoms with Gasteiger partial charge in [0.2, 0.25) is 5.88 Å². The van der Waals surface area contributed by atoms with Crippen LogP contribution in [0.25, 0.3) is 0 Å². The Kier molecular flexibility index (Phi) is 8.59. The lowest BCUT2D eigenvalue weighted by Crippen LogP contribution is -2.47. The summed E-state index contributed by atoms with van der Waals surface area (Å²) in [5.74, 6) is 1.78. The van der Waals surface area contributed by atoms with Crippen LogP contribution < -0.4 is 15.1 Å². The van der Waals surface area contributed by atoms with Crippen molar-refractivity contribution < 1.29 is 4.74 Å². The number of nitrogens with one attached hydrogen (secondary N) is 1. The van der Waals surface area contributed by atoms with Crippen molar-refractivity contribution in [2.24, 2.45) is 5.10 Å². The van der Waals surface area contributed by atoms with Crippen LogP contribution >= 0.6 is 0 Å². The Hall–Kier alpha value is -1.82. The van der Waals surface area contributed by atoms with Crippen molar-refractivity contribution >= 4 is 17.7 Å². The number of nitrogens with zero attached hydrogens (tertiary/aromatic N) is 4. The average molecular weight is 402 g/mol. The second-order valence-corrected chi connectivity index (χ2v) is 8.38. The Bertz CT molecular complexity index is 649. The van der Waals surface area contributed by atoms with Crippen LogP contribution in [0.5, 0.6) is 5.88 Å². The number of pyridine rings is 1. The highest BCUT2D eigenvalue weighted by Gasteiger charge is 2.23. The molecule has 2 heterocycles. The maximum Gasteiger partial charge on any atom is 0.217 e. The minimum absolute atomic E-state index is 0.296. The van der Waals surface area contributed by atoms with Gasteiger partial charge < -0.3 is 9.64 Å². The van der Waals surface area contributed by atoms with Crippen LogP contribution in [0, 0.1) is 6.92 Å². The SMILES string of the molecule is CCC/C=N/Nc1cc(OC2CCCCC2)nc(N2CCN(CCC)CC2)c1C. The number of hydrazone groups is 1. The van der Waals surface area contributed by atoms with Gasteiger partial charge in [0, 0.05) is 44.0 Å². The van der Waals surface area contributed by atoms with E-state index in [2.05, 4.69) is 41.1 Å². The summed E-state index contributed by atoms with van der Waals surface area (Å²) in [6.07, 6.45) is 11.7. The van der Waals surface area contributed by atoms with Gasteiger partial charge in [-0.25, -0.2) is 0 Å². The fourth-order valence-corrected chi connectivity index (χ4v) is 4.22. The van der Waals surface area contributed by atoms with Crippen LogP contribution in [0.2, 0.25) is 0 Å². The maximum atomic E-state index is 6.33. The van der Waals surface area contributed by atoms with Crippen LogP contribution in [0.3, 0.4) is 0 Å². The molecule has 2 aliphatic rings. The first-order valence-corrected chi connectivity index (χ1v) is 11.6. The van der Waals surface area contributed by atoms with E-state index in [-0.39, 0.29) is 0 Å². The largest absolute Gasteiger partial charge is 0.474 e. The number of anilines is 2. The molecule has 1 aliphatic carbocycles. The lowest BCUT2D eigenvalue weighted by atomic mass is 9.98. The van der Waals surface area contributed by atoms with Gasteiger partial charge in [0.1, 0.15) is 11.9 Å². The molecule has 6 heteroatoms. The van der Waals surface area contributed by atoms with Crippen LogP contribution in [-0.2, 0) is 0 Å². The smallest absolute Gasteiger partial charge is 0.217 e. The third kappa shape index (κ3) is 6.33. The fourth-order valence-electron chi connectivity index (χ4n) is 4.22. The minimum atomic E-state index is 0.296. The molecule has 0 spiro atoms. The summed E-state index contributed by atoms with van der Waals surface area (Å²) in [5, 5.41) is 4.42. The summed E-state index contributed by atoms with van der Waals surface area (Å²) in [6.45, 7) is 12.0. The van der Waals surface area contributed by atoms with Gasteiger partial charge in [-0.3, -0.25) is 10.3 Å². The zero-order valence-electron chi connectivity index (χ0n) is 18.6. The minimum Gasteiger partial charge on any atom is -0.474 e. The lowest BCUT2D eigenvalue weighted by molar-refractivity contribution is 0.149. The van der Waals surface area contributed by atoms with Gasteiger partial charge >= 0.3 is 0 Å². The molecule has 1 aromatic heterocycles. The highest BCUT2D eigenvalue weighted by Crippen LogP contribution is 2.32. The third-order valence-corrected chi connectivity index (χ3v) is 5.97. The molecule has 1 N–H and O–H groups in total. The Labute approximate surface area is 176 Å². The van der Waals surface area contributed by atoms with E-state index in [9.17, 15) is 0 Å². The fraction of sp³-hybridized carbons (Fsp3) is 0.739. The van der Waals surface area contributed by atoms with Gasteiger partial charge in [-0.1, -0.05) is 26.7 Å². The molecule has 0 unspecified atom stereocenters. The van der Waals surface area contributed by atoms with Gasteiger partial charge in [-0.15, -0.1) is 0 Å². The lowest BCUT2D eigenvalue weighted by Gasteiger charge is -2.36. The molecule has 0 atom stereocenters. The van der Waals surface area contributed by atoms with E-state index < -0.39 is 0 Å². The summed E-state index contributed by atoms with van der Waals surface area (Å²) in [5.41, 5.74) is 5.40. The molecule has 2 fully saturated rings. The molecule has 0 aromatic carbocycles. The van der Waals surface area contributed by atoms with Crippen molar-refractivity contribution in [2.75, 3.05) is 43.0 Å². The van der Waals surface area contributed by atoms with Crippen LogP contribution in [0.1, 0.15) is 70.8 Å². The first-order valence-electron chi connectivity index (χ1n) is 11.6. The number of ether oxygens (including phenoxy) is 1. The summed E-state index contributed by atoms with van der Waals surface area (Å²) in [6, 6.07) is 2.03. The van der Waals surface area contributed by atoms with E-state index in [4.69, 9.17) is 9.72 Å². The second-order valence-electron chi connectivity index (χ2n) is 8.38. The quantitative estimate of drug-likeness (QED) is 0.474. The number of rotatable bonds is 9. The van der Waals surface area contributed by atoms with E-state index >= 15 is 0 Å². The molecule has 0 bridgehead atoms. The van der Waals surface area contributed by atoms with Crippen LogP contribution in [0.15, 0.2) is 11.2 Å². The molecule has 1 aliphatic heterocycles. The summed E-state index contributed by atoms with van der Waals surface area (Å²) in [4.78, 5) is 9.92. The number of hydrogen-bond acceptors (Lipinski definition) is 6. The zero-order chi connectivity index (χ0) is 20.5. The predicted molar refractivity (Wildman–Crippen MR) is 122 cm³/mol. The first-order chi connectivity index (χ1) is 14.2. The topological polar surface area (TPSA) is 53.0 Å². The molecule has 0 radical (unpaired) electrons. The van der Waals surface area contributed by atoms with E-state index in [1.807, 2.05) is 12.3 Å². The molecule has 1 saturated carbocycles. The van der Waals surface area contributed by atoms with E-state index in [1.165, 1.54) is 32.2 Å².